The number of hydrogen-bond acceptors (Lipinski definition) is 3. The molecule has 0 bridgehead atoms. The Balaban J connectivity index is 2.94. The fourth-order valence-electron chi connectivity index (χ4n) is 0.969. The minimum absolute atomic E-state index is 0.0324. The van der Waals surface area contributed by atoms with Gasteiger partial charge in [-0.25, -0.2) is 14.6 Å². The highest BCUT2D eigenvalue weighted by Crippen LogP contribution is 2.26. The molecule has 0 unspecified atom stereocenters. The fraction of sp³-hybridized carbons (Fsp3) is 0.111. The number of hydrazone groups is 1. The van der Waals surface area contributed by atoms with Crippen molar-refractivity contribution >= 4 is 23.8 Å². The minimum Gasteiger partial charge on any atom is -0.494 e. The van der Waals surface area contributed by atoms with Gasteiger partial charge in [-0.05, 0) is 12.1 Å². The third-order valence-corrected chi connectivity index (χ3v) is 2.06. The van der Waals surface area contributed by atoms with Crippen molar-refractivity contribution in [2.75, 3.05) is 7.11 Å². The Morgan fingerprint density at radius 1 is 1.69 bits per heavy atom. The third-order valence-electron chi connectivity index (χ3n) is 1.68. The van der Waals surface area contributed by atoms with Crippen LogP contribution in [0.3, 0.4) is 0 Å². The van der Waals surface area contributed by atoms with Crippen LogP contribution in [0.25, 0.3) is 0 Å². The van der Waals surface area contributed by atoms with E-state index in [0.717, 1.165) is 0 Å². The summed E-state index contributed by atoms with van der Waals surface area (Å²) in [5, 5.41) is 3.31. The van der Waals surface area contributed by atoms with Gasteiger partial charge >= 0.3 is 6.03 Å². The van der Waals surface area contributed by atoms with Crippen molar-refractivity contribution in [3.63, 3.8) is 0 Å². The zero-order valence-electron chi connectivity index (χ0n) is 8.33. The van der Waals surface area contributed by atoms with Gasteiger partial charge in [0.25, 0.3) is 0 Å². The van der Waals surface area contributed by atoms with Crippen molar-refractivity contribution in [1.82, 2.24) is 5.43 Å². The number of carbonyl (C=O) groups excluding carboxylic acids is 1. The number of benzene rings is 1. The topological polar surface area (TPSA) is 76.7 Å². The maximum Gasteiger partial charge on any atom is 0.332 e. The molecule has 0 aliphatic heterocycles. The second-order valence-corrected chi connectivity index (χ2v) is 3.10. The molecule has 0 saturated heterocycles. The summed E-state index contributed by atoms with van der Waals surface area (Å²) in [6.45, 7) is 0. The van der Waals surface area contributed by atoms with E-state index in [-0.39, 0.29) is 10.8 Å². The molecule has 0 aliphatic rings. The number of amides is 2. The third kappa shape index (κ3) is 2.83. The molecule has 7 heteroatoms. The second-order valence-electron chi connectivity index (χ2n) is 2.72. The number of halogens is 2. The predicted octanol–water partition coefficient (Wildman–Crippen LogP) is 1.49. The Bertz CT molecular complexity index is 437. The number of carbonyl (C=O) groups is 1. The first-order valence-electron chi connectivity index (χ1n) is 4.16. The highest BCUT2D eigenvalue weighted by molar-refractivity contribution is 6.33. The van der Waals surface area contributed by atoms with Gasteiger partial charge < -0.3 is 10.5 Å². The van der Waals surface area contributed by atoms with E-state index in [9.17, 15) is 9.18 Å². The molecule has 1 aromatic carbocycles. The van der Waals surface area contributed by atoms with Crippen molar-refractivity contribution < 1.29 is 13.9 Å². The predicted molar refractivity (Wildman–Crippen MR) is 58.3 cm³/mol. The highest BCUT2D eigenvalue weighted by Gasteiger charge is 2.10. The van der Waals surface area contributed by atoms with Crippen LogP contribution in [0.2, 0.25) is 5.02 Å². The van der Waals surface area contributed by atoms with Crippen molar-refractivity contribution in [3.05, 3.63) is 28.5 Å². The van der Waals surface area contributed by atoms with Gasteiger partial charge in [-0.15, -0.1) is 0 Å². The number of nitrogens with one attached hydrogen (secondary N) is 1. The first-order valence-corrected chi connectivity index (χ1v) is 4.54. The van der Waals surface area contributed by atoms with E-state index in [1.165, 1.54) is 25.5 Å². The first-order chi connectivity index (χ1) is 7.56. The van der Waals surface area contributed by atoms with Gasteiger partial charge in [-0.1, -0.05) is 11.6 Å². The van der Waals surface area contributed by atoms with Crippen LogP contribution < -0.4 is 15.9 Å². The summed E-state index contributed by atoms with van der Waals surface area (Å²) < 4.78 is 18.1. The first kappa shape index (κ1) is 12.3. The quantitative estimate of drug-likeness (QED) is 0.625. The summed E-state index contributed by atoms with van der Waals surface area (Å²) in [5.41, 5.74) is 7.04. The molecule has 16 heavy (non-hydrogen) atoms. The van der Waals surface area contributed by atoms with Gasteiger partial charge in [0.2, 0.25) is 0 Å². The lowest BCUT2D eigenvalue weighted by atomic mass is 10.2. The van der Waals surface area contributed by atoms with Crippen molar-refractivity contribution in [1.29, 1.82) is 0 Å². The SMILES string of the molecule is COc1ccc(C=NNC(N)=O)c(Cl)c1F. The van der Waals surface area contributed by atoms with Crippen LogP contribution in [0.15, 0.2) is 17.2 Å². The molecule has 0 fully saturated rings. The van der Waals surface area contributed by atoms with Gasteiger partial charge in [0, 0.05) is 5.56 Å². The lowest BCUT2D eigenvalue weighted by Crippen LogP contribution is -2.24. The standard InChI is InChI=1S/C9H9ClFN3O2/c1-16-6-3-2-5(7(10)8(6)11)4-13-14-9(12)15/h2-4H,1H3,(H3,12,14,15). The number of nitrogens with two attached hydrogens (primary N) is 1. The molecule has 1 aromatic rings. The maximum atomic E-state index is 13.4. The molecular formula is C9H9ClFN3O2. The summed E-state index contributed by atoms with van der Waals surface area (Å²) in [7, 11) is 1.33. The van der Waals surface area contributed by atoms with E-state index in [4.69, 9.17) is 22.1 Å². The van der Waals surface area contributed by atoms with Crippen molar-refractivity contribution in [3.8, 4) is 5.75 Å². The van der Waals surface area contributed by atoms with Gasteiger partial charge in [-0.3, -0.25) is 0 Å². The number of rotatable bonds is 3. The van der Waals surface area contributed by atoms with E-state index in [1.807, 2.05) is 5.43 Å². The molecule has 86 valence electrons. The molecule has 0 radical (unpaired) electrons. The maximum absolute atomic E-state index is 13.4. The zero-order valence-corrected chi connectivity index (χ0v) is 9.08. The molecule has 0 aliphatic carbocycles. The number of nitrogens with zero attached hydrogens (tertiary/aromatic N) is 1. The molecule has 0 heterocycles. The zero-order chi connectivity index (χ0) is 12.1. The summed E-state index contributed by atoms with van der Waals surface area (Å²) >= 11 is 5.70. The molecule has 0 atom stereocenters. The Morgan fingerprint density at radius 2 is 2.38 bits per heavy atom. The van der Waals surface area contributed by atoms with Crippen LogP contribution in [-0.4, -0.2) is 19.4 Å². The normalized spacial score (nSPS) is 10.4. The van der Waals surface area contributed by atoms with Gasteiger partial charge in [0.05, 0.1) is 18.3 Å². The molecule has 0 saturated carbocycles. The largest absolute Gasteiger partial charge is 0.494 e. The number of ether oxygens (including phenoxy) is 1. The van der Waals surface area contributed by atoms with Crippen molar-refractivity contribution in [2.45, 2.75) is 0 Å². The van der Waals surface area contributed by atoms with Gasteiger partial charge in [-0.2, -0.15) is 5.10 Å². The average Bonchev–Trinajstić information content (AvgIpc) is 2.24. The Kier molecular flexibility index (Phi) is 4.07. The molecule has 2 amide bonds. The molecule has 3 N–H and O–H groups in total. The number of urea groups is 1. The van der Waals surface area contributed by atoms with Gasteiger partial charge in [0.1, 0.15) is 0 Å². The Labute approximate surface area is 96.0 Å². The second kappa shape index (κ2) is 5.32. The van der Waals surface area contributed by atoms with Crippen LogP contribution >= 0.6 is 11.6 Å². The lowest BCUT2D eigenvalue weighted by molar-refractivity contribution is 0.249. The van der Waals surface area contributed by atoms with E-state index in [2.05, 4.69) is 5.10 Å². The summed E-state index contributed by atoms with van der Waals surface area (Å²) in [6.07, 6.45) is 1.18. The van der Waals surface area contributed by atoms with Crippen LogP contribution in [0.5, 0.6) is 5.75 Å². The van der Waals surface area contributed by atoms with Crippen LogP contribution in [0.4, 0.5) is 9.18 Å². The molecule has 5 nitrogen and oxygen atoms in total. The molecule has 0 aromatic heterocycles. The summed E-state index contributed by atoms with van der Waals surface area (Å²) in [5.74, 6) is -0.655. The molecule has 0 spiro atoms. The Hall–Kier alpha value is -1.82. The average molecular weight is 246 g/mol. The fourth-order valence-corrected chi connectivity index (χ4v) is 1.17. The smallest absolute Gasteiger partial charge is 0.332 e. The minimum atomic E-state index is -0.818. The van der Waals surface area contributed by atoms with E-state index < -0.39 is 11.8 Å². The summed E-state index contributed by atoms with van der Waals surface area (Å²) in [4.78, 5) is 10.3. The van der Waals surface area contributed by atoms with Crippen molar-refractivity contribution in [2.24, 2.45) is 10.8 Å². The summed E-state index contributed by atoms with van der Waals surface area (Å²) in [6, 6.07) is 2.07. The number of methoxy groups -OCH3 is 1. The highest BCUT2D eigenvalue weighted by atomic mass is 35.5. The van der Waals surface area contributed by atoms with Gasteiger partial charge in [0.15, 0.2) is 11.6 Å². The molecular weight excluding hydrogens is 237 g/mol. The van der Waals surface area contributed by atoms with Crippen LogP contribution in [0.1, 0.15) is 5.56 Å². The number of primary amides is 1. The Morgan fingerprint density at radius 3 is 2.94 bits per heavy atom. The van der Waals surface area contributed by atoms with E-state index >= 15 is 0 Å². The molecule has 1 rings (SSSR count). The van der Waals surface area contributed by atoms with E-state index in [1.54, 1.807) is 0 Å². The number of hydrogen-bond donors (Lipinski definition) is 2. The van der Waals surface area contributed by atoms with Crippen LogP contribution in [-0.2, 0) is 0 Å². The van der Waals surface area contributed by atoms with Crippen LogP contribution in [0, 0.1) is 5.82 Å². The monoisotopic (exact) mass is 245 g/mol. The van der Waals surface area contributed by atoms with E-state index in [0.29, 0.717) is 5.56 Å². The lowest BCUT2D eigenvalue weighted by Gasteiger charge is -2.04.